The molecule has 0 aliphatic heterocycles. The molecule has 8 heteroatoms. The van der Waals surface area contributed by atoms with Gasteiger partial charge in [0.1, 0.15) is 0 Å². The number of amides is 1. The molecule has 24 heavy (non-hydrogen) atoms. The lowest BCUT2D eigenvalue weighted by Crippen LogP contribution is -2.26. The Labute approximate surface area is 151 Å². The second-order valence-corrected chi connectivity index (χ2v) is 6.32. The van der Waals surface area contributed by atoms with E-state index in [1.165, 1.54) is 16.8 Å². The van der Waals surface area contributed by atoms with Gasteiger partial charge in [-0.05, 0) is 36.4 Å². The van der Waals surface area contributed by atoms with Gasteiger partial charge < -0.3 is 5.32 Å². The molecule has 3 rings (SSSR count). The van der Waals surface area contributed by atoms with E-state index in [-0.39, 0.29) is 5.69 Å². The van der Waals surface area contributed by atoms with Gasteiger partial charge >= 0.3 is 0 Å². The van der Waals surface area contributed by atoms with Crippen LogP contribution in [-0.4, -0.2) is 15.7 Å². The minimum Gasteiger partial charge on any atom is -0.319 e. The third-order valence-corrected chi connectivity index (χ3v) is 4.21. The van der Waals surface area contributed by atoms with Crippen LogP contribution in [0.3, 0.4) is 0 Å². The number of aryl methyl sites for hydroxylation is 1. The number of carbonyl (C=O) groups is 1. The summed E-state index contributed by atoms with van der Waals surface area (Å²) < 4.78 is 1.45. The highest BCUT2D eigenvalue weighted by molar-refractivity contribution is 6.36. The van der Waals surface area contributed by atoms with E-state index in [2.05, 4.69) is 10.4 Å². The molecule has 1 aromatic heterocycles. The fraction of sp³-hybridized carbons (Fsp3) is 0.0625. The molecule has 1 heterocycles. The molecule has 0 saturated carbocycles. The van der Waals surface area contributed by atoms with Gasteiger partial charge in [0.25, 0.3) is 5.91 Å². The lowest BCUT2D eigenvalue weighted by molar-refractivity contribution is 0.101. The summed E-state index contributed by atoms with van der Waals surface area (Å²) in [7, 11) is 1.64. The van der Waals surface area contributed by atoms with Crippen LogP contribution in [0.4, 0.5) is 5.69 Å². The van der Waals surface area contributed by atoms with E-state index in [1.54, 1.807) is 31.3 Å². The van der Waals surface area contributed by atoms with Gasteiger partial charge in [-0.3, -0.25) is 14.3 Å². The zero-order valence-electron chi connectivity index (χ0n) is 12.3. The molecule has 0 aliphatic carbocycles. The third-order valence-electron chi connectivity index (χ3n) is 3.41. The molecule has 0 atom stereocenters. The second-order valence-electron chi connectivity index (χ2n) is 5.04. The Hall–Kier alpha value is -2.08. The number of hydrogen-bond acceptors (Lipinski definition) is 3. The molecule has 0 radical (unpaired) electrons. The van der Waals surface area contributed by atoms with E-state index in [0.717, 1.165) is 0 Å². The Kier molecular flexibility index (Phi) is 4.49. The van der Waals surface area contributed by atoms with Gasteiger partial charge in [-0.15, -0.1) is 0 Å². The Morgan fingerprint density at radius 2 is 1.75 bits per heavy atom. The van der Waals surface area contributed by atoms with Crippen molar-refractivity contribution in [3.63, 3.8) is 0 Å². The van der Waals surface area contributed by atoms with Gasteiger partial charge in [0.05, 0.1) is 21.6 Å². The normalized spacial score (nSPS) is 10.8. The van der Waals surface area contributed by atoms with Crippen molar-refractivity contribution in [2.75, 3.05) is 5.32 Å². The summed E-state index contributed by atoms with van der Waals surface area (Å²) in [6, 6.07) is 9.45. The number of hydrogen-bond donors (Lipinski definition) is 1. The van der Waals surface area contributed by atoms with Crippen LogP contribution in [0.2, 0.25) is 15.1 Å². The van der Waals surface area contributed by atoms with Crippen molar-refractivity contribution < 1.29 is 4.79 Å². The van der Waals surface area contributed by atoms with Crippen molar-refractivity contribution >= 4 is 57.3 Å². The summed E-state index contributed by atoms with van der Waals surface area (Å²) in [6.07, 6.45) is 0. The van der Waals surface area contributed by atoms with Crippen LogP contribution in [-0.2, 0) is 7.05 Å². The number of anilines is 1. The minimum atomic E-state index is -0.679. The summed E-state index contributed by atoms with van der Waals surface area (Å²) >= 11 is 17.9. The number of carbonyl (C=O) groups excluding carboxylic acids is 1. The van der Waals surface area contributed by atoms with Crippen molar-refractivity contribution in [2.24, 2.45) is 7.05 Å². The molecule has 0 spiro atoms. The molecule has 3 aromatic rings. The molecule has 2 aromatic carbocycles. The first-order chi connectivity index (χ1) is 11.4. The molecule has 122 valence electrons. The Balaban J connectivity index is 2.09. The van der Waals surface area contributed by atoms with Crippen LogP contribution < -0.4 is 10.7 Å². The first-order valence-corrected chi connectivity index (χ1v) is 7.93. The van der Waals surface area contributed by atoms with Crippen LogP contribution >= 0.6 is 34.8 Å². The maximum atomic E-state index is 12.6. The zero-order valence-corrected chi connectivity index (χ0v) is 14.6. The van der Waals surface area contributed by atoms with E-state index >= 15 is 0 Å². The molecule has 0 unspecified atom stereocenters. The summed E-state index contributed by atoms with van der Waals surface area (Å²) in [5.74, 6) is -0.679. The SMILES string of the molecule is Cn1nc(C(=O)Nc2cc(Cl)ccc2Cl)c(=O)c2cc(Cl)ccc21. The molecular formula is C16H10Cl3N3O2. The summed E-state index contributed by atoms with van der Waals surface area (Å²) in [5.41, 5.74) is 0.0931. The number of fused-ring (bicyclic) bond motifs is 1. The van der Waals surface area contributed by atoms with Crippen molar-refractivity contribution in [3.8, 4) is 0 Å². The Morgan fingerprint density at radius 1 is 1.08 bits per heavy atom. The van der Waals surface area contributed by atoms with E-state index in [1.807, 2.05) is 0 Å². The number of nitrogens with zero attached hydrogens (tertiary/aromatic N) is 2. The predicted molar refractivity (Wildman–Crippen MR) is 96.4 cm³/mol. The lowest BCUT2D eigenvalue weighted by atomic mass is 10.2. The molecule has 5 nitrogen and oxygen atoms in total. The number of nitrogens with one attached hydrogen (secondary N) is 1. The largest absolute Gasteiger partial charge is 0.319 e. The van der Waals surface area contributed by atoms with Gasteiger partial charge in [-0.25, -0.2) is 0 Å². The molecule has 0 bridgehead atoms. The third kappa shape index (κ3) is 3.11. The van der Waals surface area contributed by atoms with Crippen LogP contribution in [0.5, 0.6) is 0 Å². The van der Waals surface area contributed by atoms with E-state index in [0.29, 0.717) is 31.7 Å². The van der Waals surface area contributed by atoms with Crippen molar-refractivity contribution in [2.45, 2.75) is 0 Å². The van der Waals surface area contributed by atoms with Crippen LogP contribution in [0.1, 0.15) is 10.5 Å². The van der Waals surface area contributed by atoms with E-state index in [9.17, 15) is 9.59 Å². The molecule has 0 saturated heterocycles. The van der Waals surface area contributed by atoms with Gasteiger partial charge in [0.2, 0.25) is 5.43 Å². The fourth-order valence-corrected chi connectivity index (χ4v) is 2.78. The topological polar surface area (TPSA) is 64.0 Å². The maximum Gasteiger partial charge on any atom is 0.280 e. The monoisotopic (exact) mass is 381 g/mol. The fourth-order valence-electron chi connectivity index (χ4n) is 2.27. The molecular weight excluding hydrogens is 373 g/mol. The van der Waals surface area contributed by atoms with Crippen molar-refractivity contribution in [1.29, 1.82) is 0 Å². The van der Waals surface area contributed by atoms with Crippen LogP contribution in [0.15, 0.2) is 41.2 Å². The van der Waals surface area contributed by atoms with Gasteiger partial charge in [0.15, 0.2) is 5.69 Å². The predicted octanol–water partition coefficient (Wildman–Crippen LogP) is 4.15. The summed E-state index contributed by atoms with van der Waals surface area (Å²) in [4.78, 5) is 25.0. The van der Waals surface area contributed by atoms with E-state index < -0.39 is 11.3 Å². The number of benzene rings is 2. The summed E-state index contributed by atoms with van der Waals surface area (Å²) in [6.45, 7) is 0. The average molecular weight is 383 g/mol. The summed E-state index contributed by atoms with van der Waals surface area (Å²) in [5, 5.41) is 8.01. The van der Waals surface area contributed by atoms with Crippen molar-refractivity contribution in [1.82, 2.24) is 9.78 Å². The smallest absolute Gasteiger partial charge is 0.280 e. The highest BCUT2D eigenvalue weighted by Gasteiger charge is 2.18. The standard InChI is InChI=1S/C16H10Cl3N3O2/c1-22-13-5-3-8(17)6-10(13)15(23)14(21-22)16(24)20-12-7-9(18)2-4-11(12)19/h2-7H,1H3,(H,20,24). The zero-order chi connectivity index (χ0) is 17.4. The lowest BCUT2D eigenvalue weighted by Gasteiger charge is -2.10. The highest BCUT2D eigenvalue weighted by Crippen LogP contribution is 2.25. The van der Waals surface area contributed by atoms with Crippen LogP contribution in [0, 0.1) is 0 Å². The molecule has 1 amide bonds. The minimum absolute atomic E-state index is 0.261. The van der Waals surface area contributed by atoms with Crippen molar-refractivity contribution in [3.05, 3.63) is 67.4 Å². The second kappa shape index (κ2) is 6.43. The Bertz CT molecular complexity index is 1030. The number of rotatable bonds is 2. The molecule has 0 fully saturated rings. The molecule has 0 aliphatic rings. The molecule has 1 N–H and O–H groups in total. The van der Waals surface area contributed by atoms with Crippen LogP contribution in [0.25, 0.3) is 10.9 Å². The average Bonchev–Trinajstić information content (AvgIpc) is 2.54. The Morgan fingerprint density at radius 3 is 2.50 bits per heavy atom. The first kappa shape index (κ1) is 16.8. The van der Waals surface area contributed by atoms with Gasteiger partial charge in [-0.1, -0.05) is 34.8 Å². The maximum absolute atomic E-state index is 12.6. The first-order valence-electron chi connectivity index (χ1n) is 6.80. The highest BCUT2D eigenvalue weighted by atomic mass is 35.5. The van der Waals surface area contributed by atoms with Gasteiger partial charge in [0, 0.05) is 17.1 Å². The quantitative estimate of drug-likeness (QED) is 0.724. The number of aromatic nitrogens is 2. The van der Waals surface area contributed by atoms with Gasteiger partial charge in [-0.2, -0.15) is 5.10 Å². The van der Waals surface area contributed by atoms with E-state index in [4.69, 9.17) is 34.8 Å². The number of halogens is 3.